The van der Waals surface area contributed by atoms with Crippen LogP contribution in [0, 0.1) is 24.2 Å². The normalized spacial score (nSPS) is 17.2. The van der Waals surface area contributed by atoms with Gasteiger partial charge >= 0.3 is 0 Å². The Morgan fingerprint density at radius 1 is 1.23 bits per heavy atom. The van der Waals surface area contributed by atoms with E-state index in [1.165, 1.54) is 16.8 Å². The number of hydrogen-bond acceptors (Lipinski definition) is 3. The highest BCUT2D eigenvalue weighted by atomic mass is 16.3. The number of rotatable bonds is 6. The van der Waals surface area contributed by atoms with Gasteiger partial charge in [-0.05, 0) is 68.8 Å². The summed E-state index contributed by atoms with van der Waals surface area (Å²) in [4.78, 5) is 2.45. The van der Waals surface area contributed by atoms with Gasteiger partial charge in [-0.1, -0.05) is 30.3 Å². The number of benzene rings is 1. The average molecular weight is 351 g/mol. The number of aliphatic hydroxyl groups is 1. The molecule has 0 amide bonds. The van der Waals surface area contributed by atoms with Crippen molar-refractivity contribution in [3.8, 4) is 6.07 Å². The first-order valence-corrected chi connectivity index (χ1v) is 9.58. The molecule has 4 nitrogen and oxygen atoms in total. The molecule has 1 aromatic carbocycles. The minimum absolute atomic E-state index is 0.207. The van der Waals surface area contributed by atoms with Gasteiger partial charge < -0.3 is 9.67 Å². The monoisotopic (exact) mass is 351 g/mol. The van der Waals surface area contributed by atoms with Crippen molar-refractivity contribution in [2.24, 2.45) is 13.0 Å². The first kappa shape index (κ1) is 18.7. The second-order valence-corrected chi connectivity index (χ2v) is 7.52. The lowest BCUT2D eigenvalue weighted by atomic mass is 9.88. The highest BCUT2D eigenvalue weighted by Crippen LogP contribution is 2.25. The van der Waals surface area contributed by atoms with Crippen LogP contribution in [-0.2, 0) is 20.0 Å². The number of hydrogen-bond donors (Lipinski definition) is 1. The van der Waals surface area contributed by atoms with Crippen LogP contribution in [0.2, 0.25) is 0 Å². The second kappa shape index (κ2) is 8.53. The quantitative estimate of drug-likeness (QED) is 0.868. The number of nitrogens with zero attached hydrogens (tertiary/aromatic N) is 3. The Balaban J connectivity index is 1.47. The van der Waals surface area contributed by atoms with Crippen molar-refractivity contribution in [2.45, 2.75) is 45.3 Å². The Morgan fingerprint density at radius 3 is 2.54 bits per heavy atom. The predicted octanol–water partition coefficient (Wildman–Crippen LogP) is 3.41. The van der Waals surface area contributed by atoms with Gasteiger partial charge in [-0.3, -0.25) is 4.90 Å². The van der Waals surface area contributed by atoms with Crippen LogP contribution in [0.5, 0.6) is 0 Å². The smallest absolute Gasteiger partial charge is 0.120 e. The summed E-state index contributed by atoms with van der Waals surface area (Å²) in [5, 5.41) is 19.7. The van der Waals surface area contributed by atoms with E-state index in [0.29, 0.717) is 5.92 Å². The fourth-order valence-electron chi connectivity index (χ4n) is 3.96. The van der Waals surface area contributed by atoms with Crippen LogP contribution in [0.15, 0.2) is 36.4 Å². The molecular weight excluding hydrogens is 322 g/mol. The number of nitriles is 1. The Bertz CT molecular complexity index is 752. The van der Waals surface area contributed by atoms with Crippen molar-refractivity contribution >= 4 is 0 Å². The summed E-state index contributed by atoms with van der Waals surface area (Å²) in [6.07, 6.45) is 3.68. The Labute approximate surface area is 156 Å². The van der Waals surface area contributed by atoms with Crippen molar-refractivity contribution in [3.63, 3.8) is 0 Å². The first-order valence-electron chi connectivity index (χ1n) is 9.58. The van der Waals surface area contributed by atoms with Crippen LogP contribution in [0.1, 0.15) is 41.8 Å². The summed E-state index contributed by atoms with van der Waals surface area (Å²) in [6.45, 7) is 5.01. The second-order valence-electron chi connectivity index (χ2n) is 7.52. The summed E-state index contributed by atoms with van der Waals surface area (Å²) < 4.78 is 1.97. The highest BCUT2D eigenvalue weighted by molar-refractivity contribution is 5.34. The molecule has 1 atom stereocenters. The van der Waals surface area contributed by atoms with Crippen molar-refractivity contribution in [1.82, 2.24) is 9.47 Å². The minimum Gasteiger partial charge on any atom is -0.393 e. The number of piperidine rings is 1. The van der Waals surface area contributed by atoms with Gasteiger partial charge in [-0.2, -0.15) is 5.26 Å². The number of likely N-dealkylation sites (tertiary alicyclic amines) is 1. The molecule has 0 aliphatic carbocycles. The maximum atomic E-state index is 10.6. The van der Waals surface area contributed by atoms with Crippen LogP contribution in [-0.4, -0.2) is 33.8 Å². The Kier molecular flexibility index (Phi) is 6.13. The van der Waals surface area contributed by atoms with Crippen LogP contribution in [0.4, 0.5) is 0 Å². The maximum absolute atomic E-state index is 10.6. The van der Waals surface area contributed by atoms with E-state index in [4.69, 9.17) is 0 Å². The van der Waals surface area contributed by atoms with E-state index in [2.05, 4.69) is 42.2 Å². The molecule has 0 saturated carbocycles. The number of aromatic nitrogens is 1. The minimum atomic E-state index is -0.207. The SMILES string of the molecule is Cc1c(CN2CCC([C@H](O)CCc3ccccc3)CC2)cc(C#N)n1C. The highest BCUT2D eigenvalue weighted by Gasteiger charge is 2.25. The fourth-order valence-corrected chi connectivity index (χ4v) is 3.96. The van der Waals surface area contributed by atoms with Gasteiger partial charge in [0.1, 0.15) is 11.8 Å². The van der Waals surface area contributed by atoms with Crippen LogP contribution >= 0.6 is 0 Å². The molecule has 0 radical (unpaired) electrons. The van der Waals surface area contributed by atoms with E-state index in [9.17, 15) is 10.4 Å². The molecule has 0 bridgehead atoms. The molecule has 1 saturated heterocycles. The van der Waals surface area contributed by atoms with Gasteiger partial charge in [-0.15, -0.1) is 0 Å². The van der Waals surface area contributed by atoms with Gasteiger partial charge in [0.05, 0.1) is 6.10 Å². The third kappa shape index (κ3) is 4.35. The summed E-state index contributed by atoms with van der Waals surface area (Å²) in [7, 11) is 1.95. The molecule has 0 unspecified atom stereocenters. The maximum Gasteiger partial charge on any atom is 0.120 e. The van der Waals surface area contributed by atoms with Crippen molar-refractivity contribution in [1.29, 1.82) is 5.26 Å². The molecule has 138 valence electrons. The summed E-state index contributed by atoms with van der Waals surface area (Å²) in [5.41, 5.74) is 4.44. The number of aryl methyl sites for hydroxylation is 1. The Morgan fingerprint density at radius 2 is 1.92 bits per heavy atom. The molecule has 1 aliphatic rings. The molecule has 1 fully saturated rings. The Hall–Kier alpha value is -2.09. The largest absolute Gasteiger partial charge is 0.393 e. The topological polar surface area (TPSA) is 52.2 Å². The van der Waals surface area contributed by atoms with Gasteiger partial charge in [0, 0.05) is 19.3 Å². The third-order valence-corrected chi connectivity index (χ3v) is 5.90. The lowest BCUT2D eigenvalue weighted by Gasteiger charge is -2.34. The van der Waals surface area contributed by atoms with Gasteiger partial charge in [0.15, 0.2) is 0 Å². The summed E-state index contributed by atoms with van der Waals surface area (Å²) in [5.74, 6) is 0.404. The van der Waals surface area contributed by atoms with Crippen LogP contribution < -0.4 is 0 Å². The predicted molar refractivity (Wildman–Crippen MR) is 104 cm³/mol. The first-order chi connectivity index (χ1) is 12.6. The zero-order valence-electron chi connectivity index (χ0n) is 15.9. The molecule has 1 aliphatic heterocycles. The van der Waals surface area contributed by atoms with E-state index in [1.807, 2.05) is 23.7 Å². The van der Waals surface area contributed by atoms with Gasteiger partial charge in [0.2, 0.25) is 0 Å². The van der Waals surface area contributed by atoms with E-state index < -0.39 is 0 Å². The molecule has 3 rings (SSSR count). The molecule has 0 spiro atoms. The van der Waals surface area contributed by atoms with Gasteiger partial charge in [0.25, 0.3) is 0 Å². The molecular formula is C22H29N3O. The standard InChI is InChI=1S/C22H29N3O/c1-17-20(14-21(15-23)24(17)2)16-25-12-10-19(11-13-25)22(26)9-8-18-6-4-3-5-7-18/h3-7,14,19,22,26H,8-13,16H2,1-2H3/t22-/m1/s1. The lowest BCUT2D eigenvalue weighted by molar-refractivity contribution is 0.0519. The molecule has 4 heteroatoms. The van der Waals surface area contributed by atoms with E-state index in [-0.39, 0.29) is 6.10 Å². The van der Waals surface area contributed by atoms with Crippen molar-refractivity contribution < 1.29 is 5.11 Å². The van der Waals surface area contributed by atoms with E-state index >= 15 is 0 Å². The van der Waals surface area contributed by atoms with Crippen LogP contribution in [0.3, 0.4) is 0 Å². The molecule has 2 aromatic rings. The average Bonchev–Trinajstić information content (AvgIpc) is 2.95. The summed E-state index contributed by atoms with van der Waals surface area (Å²) in [6, 6.07) is 14.7. The fraction of sp³-hybridized carbons (Fsp3) is 0.500. The molecule has 26 heavy (non-hydrogen) atoms. The zero-order chi connectivity index (χ0) is 18.5. The number of aliphatic hydroxyl groups excluding tert-OH is 1. The molecule has 1 N–H and O–H groups in total. The molecule has 1 aromatic heterocycles. The van der Waals surface area contributed by atoms with Crippen molar-refractivity contribution in [2.75, 3.05) is 13.1 Å². The van der Waals surface area contributed by atoms with E-state index in [0.717, 1.165) is 51.0 Å². The van der Waals surface area contributed by atoms with Crippen molar-refractivity contribution in [3.05, 3.63) is 58.9 Å². The summed E-state index contributed by atoms with van der Waals surface area (Å²) >= 11 is 0. The van der Waals surface area contributed by atoms with Gasteiger partial charge in [-0.25, -0.2) is 0 Å². The molecule has 2 heterocycles. The van der Waals surface area contributed by atoms with E-state index in [1.54, 1.807) is 0 Å². The lowest BCUT2D eigenvalue weighted by Crippen LogP contribution is -2.37. The zero-order valence-corrected chi connectivity index (χ0v) is 15.9. The third-order valence-electron chi connectivity index (χ3n) is 5.90. The van der Waals surface area contributed by atoms with Crippen LogP contribution in [0.25, 0.3) is 0 Å².